The first-order chi connectivity index (χ1) is 11.8. The summed E-state index contributed by atoms with van der Waals surface area (Å²) < 4.78 is 57.3. The number of nitrogens with zero attached hydrogens (tertiary/aromatic N) is 5. The van der Waals surface area contributed by atoms with Gasteiger partial charge in [0.25, 0.3) is 0 Å². The SMILES string of the molecule is CN(CCCl)C(CCl)c1c(-n2cnnn2)ccc(OC(F)(F)F)c1F. The quantitative estimate of drug-likeness (QED) is 0.526. The lowest BCUT2D eigenvalue weighted by Gasteiger charge is -2.28. The maximum atomic E-state index is 14.9. The van der Waals surface area contributed by atoms with Gasteiger partial charge in [-0.1, -0.05) is 0 Å². The first-order valence-electron chi connectivity index (χ1n) is 6.92. The van der Waals surface area contributed by atoms with Crippen molar-refractivity contribution < 1.29 is 22.3 Å². The van der Waals surface area contributed by atoms with Crippen molar-refractivity contribution in [3.8, 4) is 11.4 Å². The van der Waals surface area contributed by atoms with Crippen LogP contribution >= 0.6 is 23.2 Å². The maximum Gasteiger partial charge on any atom is 0.573 e. The topological polar surface area (TPSA) is 56.1 Å². The van der Waals surface area contributed by atoms with E-state index >= 15 is 0 Å². The molecule has 1 unspecified atom stereocenters. The highest BCUT2D eigenvalue weighted by atomic mass is 35.5. The largest absolute Gasteiger partial charge is 0.573 e. The third-order valence-corrected chi connectivity index (χ3v) is 3.85. The minimum Gasteiger partial charge on any atom is -0.403 e. The van der Waals surface area contributed by atoms with Crippen LogP contribution in [0.25, 0.3) is 5.69 Å². The molecule has 0 aliphatic rings. The zero-order chi connectivity index (χ0) is 18.6. The molecule has 2 rings (SSSR count). The standard InChI is InChI=1S/C13H13Cl2F4N5O/c1-23(5-4-14)9(6-15)11-8(24-7-20-21-22-24)2-3-10(12(11)16)25-13(17,18)19/h2-3,7,9H,4-6H2,1H3. The molecule has 138 valence electrons. The lowest BCUT2D eigenvalue weighted by atomic mass is 10.0. The molecule has 1 heterocycles. The van der Waals surface area contributed by atoms with Crippen LogP contribution in [0.1, 0.15) is 11.6 Å². The van der Waals surface area contributed by atoms with E-state index in [1.807, 2.05) is 0 Å². The van der Waals surface area contributed by atoms with Gasteiger partial charge in [-0.3, -0.25) is 4.90 Å². The molecule has 0 fully saturated rings. The van der Waals surface area contributed by atoms with Crippen molar-refractivity contribution in [1.82, 2.24) is 25.1 Å². The number of benzene rings is 1. The van der Waals surface area contributed by atoms with E-state index < -0.39 is 24.0 Å². The Bertz CT molecular complexity index is 698. The Balaban J connectivity index is 2.60. The van der Waals surface area contributed by atoms with Crippen LogP contribution in [0.15, 0.2) is 18.5 Å². The van der Waals surface area contributed by atoms with E-state index in [0.29, 0.717) is 6.54 Å². The van der Waals surface area contributed by atoms with Gasteiger partial charge in [-0.15, -0.1) is 41.5 Å². The molecule has 2 aromatic rings. The van der Waals surface area contributed by atoms with Gasteiger partial charge in [0.1, 0.15) is 6.33 Å². The number of tetrazole rings is 1. The Hall–Kier alpha value is -1.65. The average molecular weight is 402 g/mol. The summed E-state index contributed by atoms with van der Waals surface area (Å²) in [5.41, 5.74) is 0.0146. The smallest absolute Gasteiger partial charge is 0.403 e. The molecule has 1 aromatic heterocycles. The van der Waals surface area contributed by atoms with E-state index in [4.69, 9.17) is 23.2 Å². The Kier molecular flexibility index (Phi) is 6.42. The lowest BCUT2D eigenvalue weighted by molar-refractivity contribution is -0.275. The first-order valence-corrected chi connectivity index (χ1v) is 7.99. The van der Waals surface area contributed by atoms with Gasteiger partial charge in [0.05, 0.1) is 11.7 Å². The Morgan fingerprint density at radius 3 is 2.56 bits per heavy atom. The summed E-state index contributed by atoms with van der Waals surface area (Å²) in [6.45, 7) is 0.331. The number of aromatic nitrogens is 4. The van der Waals surface area contributed by atoms with E-state index in [9.17, 15) is 17.6 Å². The van der Waals surface area contributed by atoms with Gasteiger partial charge in [0, 0.05) is 23.9 Å². The van der Waals surface area contributed by atoms with Crippen molar-refractivity contribution >= 4 is 23.2 Å². The van der Waals surface area contributed by atoms with Gasteiger partial charge < -0.3 is 4.74 Å². The van der Waals surface area contributed by atoms with E-state index in [1.54, 1.807) is 11.9 Å². The van der Waals surface area contributed by atoms with Crippen LogP contribution in [0, 0.1) is 5.82 Å². The normalized spacial score (nSPS) is 13.3. The highest BCUT2D eigenvalue weighted by Gasteiger charge is 2.35. The second-order valence-corrected chi connectivity index (χ2v) is 5.64. The van der Waals surface area contributed by atoms with Crippen LogP contribution < -0.4 is 4.74 Å². The summed E-state index contributed by atoms with van der Waals surface area (Å²) >= 11 is 11.6. The zero-order valence-electron chi connectivity index (χ0n) is 12.8. The van der Waals surface area contributed by atoms with Crippen LogP contribution in [0.5, 0.6) is 5.75 Å². The van der Waals surface area contributed by atoms with Crippen molar-refractivity contribution in [3.63, 3.8) is 0 Å². The molecule has 25 heavy (non-hydrogen) atoms. The molecule has 0 saturated carbocycles. The highest BCUT2D eigenvalue weighted by molar-refractivity contribution is 6.18. The number of rotatable bonds is 7. The molecule has 1 aromatic carbocycles. The summed E-state index contributed by atoms with van der Waals surface area (Å²) in [7, 11) is 1.62. The summed E-state index contributed by atoms with van der Waals surface area (Å²) in [5, 5.41) is 10.5. The van der Waals surface area contributed by atoms with Gasteiger partial charge in [0.15, 0.2) is 11.6 Å². The second kappa shape index (κ2) is 8.15. The van der Waals surface area contributed by atoms with E-state index in [-0.39, 0.29) is 23.0 Å². The molecule has 0 bridgehead atoms. The molecule has 6 nitrogen and oxygen atoms in total. The first kappa shape index (κ1) is 19.7. The molecule has 12 heteroatoms. The van der Waals surface area contributed by atoms with Crippen molar-refractivity contribution in [2.75, 3.05) is 25.4 Å². The second-order valence-electron chi connectivity index (χ2n) is 4.95. The predicted molar refractivity (Wildman–Crippen MR) is 82.6 cm³/mol. The lowest BCUT2D eigenvalue weighted by Crippen LogP contribution is -2.30. The fourth-order valence-corrected chi connectivity index (χ4v) is 2.92. The monoisotopic (exact) mass is 401 g/mol. The molecular formula is C13H13Cl2F4N5O. The van der Waals surface area contributed by atoms with Gasteiger partial charge in [-0.2, -0.15) is 0 Å². The summed E-state index contributed by atoms with van der Waals surface area (Å²) in [4.78, 5) is 1.61. The van der Waals surface area contributed by atoms with E-state index in [0.717, 1.165) is 10.7 Å². The maximum absolute atomic E-state index is 14.9. The molecule has 0 aliphatic carbocycles. The fourth-order valence-electron chi connectivity index (χ4n) is 2.26. The molecule has 0 radical (unpaired) electrons. The fraction of sp³-hybridized carbons (Fsp3) is 0.462. The van der Waals surface area contributed by atoms with Crippen LogP contribution in [0.4, 0.5) is 17.6 Å². The van der Waals surface area contributed by atoms with Crippen molar-refractivity contribution in [3.05, 3.63) is 29.8 Å². The average Bonchev–Trinajstić information content (AvgIpc) is 3.05. The number of ether oxygens (including phenoxy) is 1. The van der Waals surface area contributed by atoms with Crippen LogP contribution in [-0.4, -0.2) is 56.8 Å². The minimum absolute atomic E-state index is 0.102. The van der Waals surface area contributed by atoms with Crippen LogP contribution in [0.2, 0.25) is 0 Å². The van der Waals surface area contributed by atoms with Crippen molar-refractivity contribution in [2.24, 2.45) is 0 Å². The van der Waals surface area contributed by atoms with Gasteiger partial charge in [-0.25, -0.2) is 9.07 Å². The van der Waals surface area contributed by atoms with Gasteiger partial charge in [0.2, 0.25) is 0 Å². The summed E-state index contributed by atoms with van der Waals surface area (Å²) in [5.74, 6) is -2.04. The van der Waals surface area contributed by atoms with Crippen LogP contribution in [0.3, 0.4) is 0 Å². The molecule has 0 N–H and O–H groups in total. The third kappa shape index (κ3) is 4.71. The molecular weight excluding hydrogens is 389 g/mol. The highest BCUT2D eigenvalue weighted by Crippen LogP contribution is 2.36. The van der Waals surface area contributed by atoms with E-state index in [1.165, 1.54) is 12.4 Å². The Morgan fingerprint density at radius 1 is 1.32 bits per heavy atom. The molecule has 1 atom stereocenters. The zero-order valence-corrected chi connectivity index (χ0v) is 14.4. The predicted octanol–water partition coefficient (Wildman–Crippen LogP) is 3.15. The number of alkyl halides is 5. The number of hydrogen-bond acceptors (Lipinski definition) is 5. The van der Waals surface area contributed by atoms with Gasteiger partial charge >= 0.3 is 6.36 Å². The molecule has 0 amide bonds. The molecule has 0 aliphatic heterocycles. The summed E-state index contributed by atoms with van der Waals surface area (Å²) in [6, 6.07) is 1.30. The number of hydrogen-bond donors (Lipinski definition) is 0. The minimum atomic E-state index is -5.03. The number of halogens is 6. The van der Waals surface area contributed by atoms with Crippen molar-refractivity contribution in [1.29, 1.82) is 0 Å². The molecule has 0 spiro atoms. The van der Waals surface area contributed by atoms with Crippen LogP contribution in [-0.2, 0) is 0 Å². The Labute approximate surface area is 150 Å². The third-order valence-electron chi connectivity index (χ3n) is 3.39. The summed E-state index contributed by atoms with van der Waals surface area (Å²) in [6.07, 6.45) is -3.84. The van der Waals surface area contributed by atoms with E-state index in [2.05, 4.69) is 20.3 Å². The Morgan fingerprint density at radius 2 is 2.04 bits per heavy atom. The van der Waals surface area contributed by atoms with Crippen molar-refractivity contribution in [2.45, 2.75) is 12.4 Å². The molecule has 0 saturated heterocycles. The van der Waals surface area contributed by atoms with Gasteiger partial charge in [-0.05, 0) is 29.6 Å².